The minimum absolute atomic E-state index is 0.0342. The van der Waals surface area contributed by atoms with Crippen molar-refractivity contribution < 1.29 is 14.3 Å². The van der Waals surface area contributed by atoms with Gasteiger partial charge in [0.05, 0.1) is 6.10 Å². The second-order valence-corrected chi connectivity index (χ2v) is 5.07. The summed E-state index contributed by atoms with van der Waals surface area (Å²) in [4.78, 5) is 23.6. The highest BCUT2D eigenvalue weighted by atomic mass is 16.5. The molecule has 1 fully saturated rings. The van der Waals surface area contributed by atoms with Crippen molar-refractivity contribution in [3.63, 3.8) is 0 Å². The Balaban J connectivity index is 1.89. The van der Waals surface area contributed by atoms with Gasteiger partial charge < -0.3 is 15.4 Å². The Hall–Kier alpha value is -1.88. The molecule has 1 atom stereocenters. The molecule has 2 rings (SSSR count). The highest BCUT2D eigenvalue weighted by Crippen LogP contribution is 2.19. The van der Waals surface area contributed by atoms with Gasteiger partial charge in [-0.25, -0.2) is 0 Å². The van der Waals surface area contributed by atoms with E-state index in [4.69, 9.17) is 4.74 Å². The average molecular weight is 276 g/mol. The Morgan fingerprint density at radius 1 is 1.25 bits per heavy atom. The molecule has 2 amide bonds. The lowest BCUT2D eigenvalue weighted by Crippen LogP contribution is -2.39. The van der Waals surface area contributed by atoms with Crippen LogP contribution in [0.3, 0.4) is 0 Å². The van der Waals surface area contributed by atoms with Crippen LogP contribution in [-0.2, 0) is 14.3 Å². The lowest BCUT2D eigenvalue weighted by molar-refractivity contribution is -0.136. The van der Waals surface area contributed by atoms with Gasteiger partial charge >= 0.3 is 11.8 Å². The molecule has 0 aromatic heterocycles. The molecule has 1 aromatic carbocycles. The number of benzene rings is 1. The topological polar surface area (TPSA) is 67.4 Å². The Labute approximate surface area is 118 Å². The van der Waals surface area contributed by atoms with E-state index in [2.05, 4.69) is 10.6 Å². The first-order valence-electron chi connectivity index (χ1n) is 6.85. The number of nitrogens with one attached hydrogen (secondary N) is 2. The highest BCUT2D eigenvalue weighted by molar-refractivity contribution is 6.39. The van der Waals surface area contributed by atoms with Gasteiger partial charge in [-0.3, -0.25) is 9.59 Å². The molecule has 0 spiro atoms. The normalized spacial score (nSPS) is 17.8. The van der Waals surface area contributed by atoms with Crippen LogP contribution in [0, 0.1) is 13.8 Å². The molecular formula is C15H20N2O3. The summed E-state index contributed by atoms with van der Waals surface area (Å²) < 4.78 is 5.39. The molecule has 0 bridgehead atoms. The number of para-hydroxylation sites is 1. The monoisotopic (exact) mass is 276 g/mol. The van der Waals surface area contributed by atoms with E-state index in [-0.39, 0.29) is 6.10 Å². The molecule has 20 heavy (non-hydrogen) atoms. The van der Waals surface area contributed by atoms with Crippen molar-refractivity contribution >= 4 is 17.5 Å². The van der Waals surface area contributed by atoms with Crippen LogP contribution < -0.4 is 10.6 Å². The first-order valence-corrected chi connectivity index (χ1v) is 6.85. The second kappa shape index (κ2) is 6.52. The first kappa shape index (κ1) is 14.5. The number of ether oxygens (including phenoxy) is 1. The van der Waals surface area contributed by atoms with E-state index in [1.54, 1.807) is 0 Å². The van der Waals surface area contributed by atoms with Crippen LogP contribution in [0.4, 0.5) is 5.69 Å². The van der Waals surface area contributed by atoms with Gasteiger partial charge in [0.2, 0.25) is 0 Å². The summed E-state index contributed by atoms with van der Waals surface area (Å²) in [5, 5.41) is 5.27. The summed E-state index contributed by atoms with van der Waals surface area (Å²) in [5.74, 6) is -1.26. The third-order valence-electron chi connectivity index (χ3n) is 3.44. The minimum atomic E-state index is -0.639. The van der Waals surface area contributed by atoms with Crippen molar-refractivity contribution in [2.24, 2.45) is 0 Å². The molecular weight excluding hydrogens is 256 g/mol. The minimum Gasteiger partial charge on any atom is -0.376 e. The van der Waals surface area contributed by atoms with Gasteiger partial charge in [0.25, 0.3) is 0 Å². The Bertz CT molecular complexity index is 488. The molecule has 0 aliphatic carbocycles. The average Bonchev–Trinajstić information content (AvgIpc) is 2.93. The lowest BCUT2D eigenvalue weighted by Gasteiger charge is -2.13. The number of rotatable bonds is 3. The molecule has 1 saturated heterocycles. The van der Waals surface area contributed by atoms with E-state index in [1.807, 2.05) is 32.0 Å². The Morgan fingerprint density at radius 3 is 2.55 bits per heavy atom. The molecule has 108 valence electrons. The van der Waals surface area contributed by atoms with Crippen molar-refractivity contribution in [1.82, 2.24) is 5.32 Å². The second-order valence-electron chi connectivity index (χ2n) is 5.07. The van der Waals surface area contributed by atoms with Gasteiger partial charge in [0.15, 0.2) is 0 Å². The lowest BCUT2D eigenvalue weighted by atomic mass is 10.1. The number of carbonyl (C=O) groups is 2. The first-order chi connectivity index (χ1) is 9.58. The van der Waals surface area contributed by atoms with Crippen LogP contribution in [0.2, 0.25) is 0 Å². The number of anilines is 1. The number of aryl methyl sites for hydroxylation is 2. The smallest absolute Gasteiger partial charge is 0.313 e. The molecule has 1 aliphatic heterocycles. The van der Waals surface area contributed by atoms with Gasteiger partial charge in [-0.2, -0.15) is 0 Å². The van der Waals surface area contributed by atoms with Crippen molar-refractivity contribution in [2.45, 2.75) is 32.8 Å². The van der Waals surface area contributed by atoms with Crippen LogP contribution >= 0.6 is 0 Å². The van der Waals surface area contributed by atoms with Crippen molar-refractivity contribution in [1.29, 1.82) is 0 Å². The largest absolute Gasteiger partial charge is 0.376 e. The van der Waals surface area contributed by atoms with E-state index in [0.717, 1.165) is 30.6 Å². The summed E-state index contributed by atoms with van der Waals surface area (Å²) in [6, 6.07) is 5.71. The van der Waals surface area contributed by atoms with Gasteiger partial charge in [-0.05, 0) is 37.8 Å². The SMILES string of the molecule is Cc1cccc(C)c1NC(=O)C(=O)NC[C@H]1CCCO1. The molecule has 0 saturated carbocycles. The number of carbonyl (C=O) groups excluding carboxylic acids is 2. The molecule has 1 aromatic rings. The van der Waals surface area contributed by atoms with Gasteiger partial charge in [-0.1, -0.05) is 18.2 Å². The maximum Gasteiger partial charge on any atom is 0.313 e. The van der Waals surface area contributed by atoms with Gasteiger partial charge in [0, 0.05) is 18.8 Å². The quantitative estimate of drug-likeness (QED) is 0.823. The summed E-state index contributed by atoms with van der Waals surface area (Å²) in [5.41, 5.74) is 2.57. The molecule has 2 N–H and O–H groups in total. The summed E-state index contributed by atoms with van der Waals surface area (Å²) in [7, 11) is 0. The van der Waals surface area contributed by atoms with Crippen LogP contribution in [0.1, 0.15) is 24.0 Å². The van der Waals surface area contributed by atoms with Gasteiger partial charge in [0.1, 0.15) is 0 Å². The standard InChI is InChI=1S/C15H20N2O3/c1-10-5-3-6-11(2)13(10)17-15(19)14(18)16-9-12-7-4-8-20-12/h3,5-6,12H,4,7-9H2,1-2H3,(H,16,18)(H,17,19)/t12-/m1/s1. The summed E-state index contributed by atoms with van der Waals surface area (Å²) in [6.45, 7) is 4.91. The zero-order valence-electron chi connectivity index (χ0n) is 11.9. The van der Waals surface area contributed by atoms with Crippen molar-refractivity contribution in [3.05, 3.63) is 29.3 Å². The zero-order chi connectivity index (χ0) is 14.5. The third kappa shape index (κ3) is 3.57. The Kier molecular flexibility index (Phi) is 4.74. The fraction of sp³-hybridized carbons (Fsp3) is 0.467. The number of hydrogen-bond donors (Lipinski definition) is 2. The van der Waals surface area contributed by atoms with Crippen molar-refractivity contribution in [2.75, 3.05) is 18.5 Å². The van der Waals surface area contributed by atoms with E-state index < -0.39 is 11.8 Å². The zero-order valence-corrected chi connectivity index (χ0v) is 11.9. The molecule has 0 unspecified atom stereocenters. The fourth-order valence-electron chi connectivity index (χ4n) is 2.27. The van der Waals surface area contributed by atoms with Crippen LogP contribution in [0.15, 0.2) is 18.2 Å². The summed E-state index contributed by atoms with van der Waals surface area (Å²) >= 11 is 0. The van der Waals surface area contributed by atoms with E-state index >= 15 is 0 Å². The molecule has 5 heteroatoms. The summed E-state index contributed by atoms with van der Waals surface area (Å²) in [6.07, 6.45) is 1.97. The predicted molar refractivity (Wildman–Crippen MR) is 76.5 cm³/mol. The molecule has 0 radical (unpaired) electrons. The Morgan fingerprint density at radius 2 is 1.95 bits per heavy atom. The molecule has 5 nitrogen and oxygen atoms in total. The molecule has 1 aliphatic rings. The predicted octanol–water partition coefficient (Wildman–Crippen LogP) is 1.54. The van der Waals surface area contributed by atoms with E-state index in [9.17, 15) is 9.59 Å². The third-order valence-corrected chi connectivity index (χ3v) is 3.44. The fourth-order valence-corrected chi connectivity index (χ4v) is 2.27. The highest BCUT2D eigenvalue weighted by Gasteiger charge is 2.20. The van der Waals surface area contributed by atoms with Gasteiger partial charge in [-0.15, -0.1) is 0 Å². The maximum atomic E-state index is 11.9. The van der Waals surface area contributed by atoms with Crippen LogP contribution in [0.25, 0.3) is 0 Å². The van der Waals surface area contributed by atoms with Crippen LogP contribution in [-0.4, -0.2) is 31.1 Å². The van der Waals surface area contributed by atoms with E-state index in [1.165, 1.54) is 0 Å². The van der Waals surface area contributed by atoms with Crippen LogP contribution in [0.5, 0.6) is 0 Å². The van der Waals surface area contributed by atoms with E-state index in [0.29, 0.717) is 12.2 Å². The number of amides is 2. The van der Waals surface area contributed by atoms with Crippen molar-refractivity contribution in [3.8, 4) is 0 Å². The number of hydrogen-bond acceptors (Lipinski definition) is 3. The molecule has 1 heterocycles. The maximum absolute atomic E-state index is 11.9.